The van der Waals surface area contributed by atoms with Crippen molar-refractivity contribution in [1.82, 2.24) is 0 Å². The molecule has 4 aliphatic carbocycles. The third kappa shape index (κ3) is 2.60. The lowest BCUT2D eigenvalue weighted by Crippen LogP contribution is -2.51. The van der Waals surface area contributed by atoms with Gasteiger partial charge in [-0.15, -0.1) is 0 Å². The second-order valence-corrected chi connectivity index (χ2v) is 8.05. The summed E-state index contributed by atoms with van der Waals surface area (Å²) >= 11 is 0. The molecule has 0 radical (unpaired) electrons. The molecule has 6 heteroatoms. The summed E-state index contributed by atoms with van der Waals surface area (Å²) in [4.78, 5) is 12.7. The zero-order valence-corrected chi connectivity index (χ0v) is 13.5. The summed E-state index contributed by atoms with van der Waals surface area (Å²) in [5, 5.41) is 19.7. The van der Waals surface area contributed by atoms with E-state index < -0.39 is 24.6 Å². The first-order valence-corrected chi connectivity index (χ1v) is 8.72. The van der Waals surface area contributed by atoms with Crippen LogP contribution >= 0.6 is 0 Å². The Labute approximate surface area is 136 Å². The van der Waals surface area contributed by atoms with E-state index in [4.69, 9.17) is 14.2 Å². The molecule has 0 aromatic heterocycles. The normalized spacial score (nSPS) is 51.2. The highest BCUT2D eigenvalue weighted by molar-refractivity contribution is 5.77. The van der Waals surface area contributed by atoms with Gasteiger partial charge in [-0.25, -0.2) is 0 Å². The van der Waals surface area contributed by atoms with Crippen LogP contribution in [0.1, 0.15) is 38.5 Å². The quantitative estimate of drug-likeness (QED) is 0.745. The molecule has 23 heavy (non-hydrogen) atoms. The number of aliphatic hydroxyl groups is 2. The Bertz CT molecular complexity index is 442. The van der Waals surface area contributed by atoms with Crippen molar-refractivity contribution in [3.05, 3.63) is 0 Å². The van der Waals surface area contributed by atoms with Gasteiger partial charge in [0.25, 0.3) is 0 Å². The molecule has 6 nitrogen and oxygen atoms in total. The van der Waals surface area contributed by atoms with Crippen molar-refractivity contribution in [2.45, 2.75) is 63.1 Å². The number of ether oxygens (including phenoxy) is 3. The standard InChI is InChI=1S/C17H26O6/c1-21-14-13(18)12(23-15(14)19)8-22-16(20)17-5-9-2-10(6-17)4-11(3-9)7-17/h9-15,18-19H,2-8H2,1H3/t9?,10?,11?,12-,13-,14-,15+,17?/m1/s1. The van der Waals surface area contributed by atoms with Crippen LogP contribution in [0.25, 0.3) is 0 Å². The van der Waals surface area contributed by atoms with Crippen LogP contribution in [0.2, 0.25) is 0 Å². The molecule has 4 atom stereocenters. The van der Waals surface area contributed by atoms with Gasteiger partial charge < -0.3 is 24.4 Å². The predicted octanol–water partition coefficient (Wildman–Crippen LogP) is 0.839. The summed E-state index contributed by atoms with van der Waals surface area (Å²) in [6.45, 7) is -0.0291. The molecule has 5 rings (SSSR count). The maximum Gasteiger partial charge on any atom is 0.312 e. The van der Waals surface area contributed by atoms with E-state index in [9.17, 15) is 15.0 Å². The molecule has 0 amide bonds. The largest absolute Gasteiger partial charge is 0.462 e. The Morgan fingerprint density at radius 3 is 2.17 bits per heavy atom. The molecule has 0 aromatic rings. The van der Waals surface area contributed by atoms with E-state index in [-0.39, 0.29) is 18.0 Å². The minimum Gasteiger partial charge on any atom is -0.462 e. The molecule has 0 aromatic carbocycles. The molecule has 5 fully saturated rings. The van der Waals surface area contributed by atoms with E-state index in [0.29, 0.717) is 17.8 Å². The van der Waals surface area contributed by atoms with Crippen LogP contribution in [0.3, 0.4) is 0 Å². The molecule has 0 unspecified atom stereocenters. The lowest BCUT2D eigenvalue weighted by molar-refractivity contribution is -0.180. The van der Waals surface area contributed by atoms with Crippen LogP contribution in [0.15, 0.2) is 0 Å². The van der Waals surface area contributed by atoms with Crippen LogP contribution < -0.4 is 0 Å². The van der Waals surface area contributed by atoms with Gasteiger partial charge in [0.1, 0.15) is 24.9 Å². The van der Waals surface area contributed by atoms with E-state index in [1.165, 1.54) is 26.4 Å². The van der Waals surface area contributed by atoms with E-state index in [1.54, 1.807) is 0 Å². The van der Waals surface area contributed by atoms with Crippen molar-refractivity contribution in [3.8, 4) is 0 Å². The van der Waals surface area contributed by atoms with Gasteiger partial charge in [-0.05, 0) is 56.3 Å². The summed E-state index contributed by atoms with van der Waals surface area (Å²) in [5.41, 5.74) is -0.308. The minimum absolute atomic E-state index is 0.0291. The number of methoxy groups -OCH3 is 1. The summed E-state index contributed by atoms with van der Waals surface area (Å²) in [6.07, 6.45) is 3.00. The Balaban J connectivity index is 1.37. The van der Waals surface area contributed by atoms with E-state index >= 15 is 0 Å². The lowest BCUT2D eigenvalue weighted by Gasteiger charge is -2.55. The number of esters is 1. The van der Waals surface area contributed by atoms with Gasteiger partial charge in [-0.2, -0.15) is 0 Å². The zero-order chi connectivity index (χ0) is 16.2. The number of carbonyl (C=O) groups is 1. The molecular formula is C17H26O6. The molecule has 4 bridgehead atoms. The number of carbonyl (C=O) groups excluding carboxylic acids is 1. The van der Waals surface area contributed by atoms with Crippen molar-refractivity contribution >= 4 is 5.97 Å². The molecule has 1 aliphatic heterocycles. The van der Waals surface area contributed by atoms with Crippen molar-refractivity contribution in [2.24, 2.45) is 23.2 Å². The van der Waals surface area contributed by atoms with Gasteiger partial charge in [0.2, 0.25) is 0 Å². The third-order valence-corrected chi connectivity index (χ3v) is 6.43. The smallest absolute Gasteiger partial charge is 0.312 e. The first kappa shape index (κ1) is 15.8. The van der Waals surface area contributed by atoms with Crippen molar-refractivity contribution < 1.29 is 29.2 Å². The van der Waals surface area contributed by atoms with E-state index in [2.05, 4.69) is 0 Å². The van der Waals surface area contributed by atoms with Crippen LogP contribution in [0.4, 0.5) is 0 Å². The predicted molar refractivity (Wildman–Crippen MR) is 79.2 cm³/mol. The first-order valence-electron chi connectivity index (χ1n) is 8.72. The fraction of sp³-hybridized carbons (Fsp3) is 0.941. The number of hydrogen-bond donors (Lipinski definition) is 2. The van der Waals surface area contributed by atoms with Gasteiger partial charge in [0.15, 0.2) is 6.29 Å². The molecule has 1 heterocycles. The maximum absolute atomic E-state index is 12.7. The van der Waals surface area contributed by atoms with Gasteiger partial charge in [-0.3, -0.25) is 4.79 Å². The Morgan fingerprint density at radius 1 is 1.13 bits per heavy atom. The fourth-order valence-corrected chi connectivity index (χ4v) is 5.78. The highest BCUT2D eigenvalue weighted by Gasteiger charge is 2.56. The molecule has 1 saturated heterocycles. The number of aliphatic hydroxyl groups excluding tert-OH is 2. The van der Waals surface area contributed by atoms with Gasteiger partial charge in [-0.1, -0.05) is 0 Å². The fourth-order valence-electron chi connectivity index (χ4n) is 5.78. The summed E-state index contributed by atoms with van der Waals surface area (Å²) in [5.74, 6) is 1.91. The second kappa shape index (κ2) is 5.69. The monoisotopic (exact) mass is 326 g/mol. The maximum atomic E-state index is 12.7. The molecule has 5 aliphatic rings. The Hall–Kier alpha value is -0.690. The van der Waals surface area contributed by atoms with Crippen LogP contribution in [0.5, 0.6) is 0 Å². The van der Waals surface area contributed by atoms with Crippen molar-refractivity contribution in [1.29, 1.82) is 0 Å². The Kier molecular flexibility index (Phi) is 3.91. The van der Waals surface area contributed by atoms with Crippen LogP contribution in [-0.2, 0) is 19.0 Å². The average molecular weight is 326 g/mol. The molecule has 130 valence electrons. The third-order valence-electron chi connectivity index (χ3n) is 6.43. The molecule has 4 saturated carbocycles. The average Bonchev–Trinajstić information content (AvgIpc) is 2.77. The van der Waals surface area contributed by atoms with E-state index in [1.807, 2.05) is 0 Å². The van der Waals surface area contributed by atoms with E-state index in [0.717, 1.165) is 19.3 Å². The number of rotatable bonds is 4. The van der Waals surface area contributed by atoms with Gasteiger partial charge in [0.05, 0.1) is 5.41 Å². The molecule has 2 N–H and O–H groups in total. The lowest BCUT2D eigenvalue weighted by atomic mass is 9.49. The number of hydrogen-bond acceptors (Lipinski definition) is 6. The van der Waals surface area contributed by atoms with Crippen LogP contribution in [-0.4, -0.2) is 54.5 Å². The SMILES string of the molecule is CO[C@@H]1[C@H](O)[C@@H](COC(=O)C23CC4CC(CC(C4)C2)C3)O[C@@H]1O. The summed E-state index contributed by atoms with van der Waals surface area (Å²) < 4.78 is 15.8. The van der Waals surface area contributed by atoms with Gasteiger partial charge in [0, 0.05) is 7.11 Å². The van der Waals surface area contributed by atoms with Crippen LogP contribution in [0, 0.1) is 23.2 Å². The second-order valence-electron chi connectivity index (χ2n) is 8.05. The summed E-state index contributed by atoms with van der Waals surface area (Å²) in [6, 6.07) is 0. The van der Waals surface area contributed by atoms with Gasteiger partial charge >= 0.3 is 5.97 Å². The van der Waals surface area contributed by atoms with Crippen molar-refractivity contribution in [3.63, 3.8) is 0 Å². The highest BCUT2D eigenvalue weighted by atomic mass is 16.7. The summed E-state index contributed by atoms with van der Waals surface area (Å²) in [7, 11) is 1.41. The topological polar surface area (TPSA) is 85.2 Å². The molecule has 0 spiro atoms. The first-order chi connectivity index (χ1) is 11.0. The highest BCUT2D eigenvalue weighted by Crippen LogP contribution is 2.60. The zero-order valence-electron chi connectivity index (χ0n) is 13.5. The molecular weight excluding hydrogens is 300 g/mol. The minimum atomic E-state index is -1.18. The Morgan fingerprint density at radius 2 is 1.70 bits per heavy atom. The van der Waals surface area contributed by atoms with Crippen molar-refractivity contribution in [2.75, 3.05) is 13.7 Å².